The van der Waals surface area contributed by atoms with Gasteiger partial charge in [0.05, 0.1) is 6.61 Å². The van der Waals surface area contributed by atoms with E-state index in [1.165, 1.54) is 5.56 Å². The van der Waals surface area contributed by atoms with E-state index in [2.05, 4.69) is 22.9 Å². The lowest BCUT2D eigenvalue weighted by molar-refractivity contribution is 0.0640. The molecule has 2 aliphatic rings. The molecule has 0 aliphatic carbocycles. The maximum Gasteiger partial charge on any atom is 0.272 e. The number of pyridine rings is 1. The molecule has 1 amide bonds. The standard InChI is InChI=1S/C27H25N3O2/c28-18-22-8-9-25-23(16-22)27(19-32-25)11-14-30(15-12-27)26(31)24-17-21(10-13-29-24)7-6-20-4-2-1-3-5-20/h1-5,8-10,13,16-17H,11-12,14-15,18-19,28H2. The number of nitrogens with zero attached hydrogens (tertiary/aromatic N) is 2. The molecule has 1 fully saturated rings. The predicted octanol–water partition coefficient (Wildman–Crippen LogP) is 3.51. The fourth-order valence-electron chi connectivity index (χ4n) is 4.54. The highest BCUT2D eigenvalue weighted by molar-refractivity contribution is 5.92. The van der Waals surface area contributed by atoms with Crippen LogP contribution in [-0.2, 0) is 12.0 Å². The van der Waals surface area contributed by atoms with Crippen LogP contribution in [0.1, 0.15) is 45.6 Å². The van der Waals surface area contributed by atoms with Gasteiger partial charge < -0.3 is 15.4 Å². The first-order valence-corrected chi connectivity index (χ1v) is 11.0. The summed E-state index contributed by atoms with van der Waals surface area (Å²) < 4.78 is 5.98. The number of ether oxygens (including phenoxy) is 1. The third-order valence-corrected chi connectivity index (χ3v) is 6.47. The Morgan fingerprint density at radius 3 is 2.59 bits per heavy atom. The van der Waals surface area contributed by atoms with Crippen LogP contribution in [0.2, 0.25) is 0 Å². The van der Waals surface area contributed by atoms with Gasteiger partial charge in [-0.2, -0.15) is 0 Å². The highest BCUT2D eigenvalue weighted by atomic mass is 16.5. The number of fused-ring (bicyclic) bond motifs is 2. The number of rotatable bonds is 2. The van der Waals surface area contributed by atoms with Crippen molar-refractivity contribution in [1.82, 2.24) is 9.88 Å². The van der Waals surface area contributed by atoms with Crippen LogP contribution in [0.5, 0.6) is 5.75 Å². The molecule has 1 spiro atoms. The molecule has 3 aromatic rings. The van der Waals surface area contributed by atoms with E-state index in [1.54, 1.807) is 12.3 Å². The molecule has 3 heterocycles. The van der Waals surface area contributed by atoms with Gasteiger partial charge in [0.25, 0.3) is 5.91 Å². The molecule has 5 rings (SSSR count). The van der Waals surface area contributed by atoms with Gasteiger partial charge in [-0.3, -0.25) is 9.78 Å². The van der Waals surface area contributed by atoms with Crippen molar-refractivity contribution < 1.29 is 9.53 Å². The van der Waals surface area contributed by atoms with Crippen LogP contribution in [-0.4, -0.2) is 35.5 Å². The molecule has 0 bridgehead atoms. The molecule has 5 heteroatoms. The Bertz CT molecular complexity index is 1200. The molecule has 160 valence electrons. The van der Waals surface area contributed by atoms with Gasteiger partial charge in [0.1, 0.15) is 11.4 Å². The number of benzene rings is 2. The van der Waals surface area contributed by atoms with Crippen molar-refractivity contribution in [2.45, 2.75) is 24.8 Å². The van der Waals surface area contributed by atoms with Crippen LogP contribution < -0.4 is 10.5 Å². The minimum atomic E-state index is -0.0435. The van der Waals surface area contributed by atoms with Gasteiger partial charge in [0, 0.05) is 47.9 Å². The molecule has 0 atom stereocenters. The summed E-state index contributed by atoms with van der Waals surface area (Å²) in [5.41, 5.74) is 10.3. The molecule has 32 heavy (non-hydrogen) atoms. The monoisotopic (exact) mass is 423 g/mol. The third kappa shape index (κ3) is 3.86. The number of carbonyl (C=O) groups excluding carboxylic acids is 1. The Balaban J connectivity index is 1.30. The molecular formula is C27H25N3O2. The first-order chi connectivity index (χ1) is 15.7. The first kappa shape index (κ1) is 20.3. The zero-order valence-electron chi connectivity index (χ0n) is 17.9. The van der Waals surface area contributed by atoms with E-state index in [9.17, 15) is 4.79 Å². The molecule has 5 nitrogen and oxygen atoms in total. The molecule has 2 aromatic carbocycles. The van der Waals surface area contributed by atoms with E-state index in [0.717, 1.165) is 35.3 Å². The maximum atomic E-state index is 13.1. The summed E-state index contributed by atoms with van der Waals surface area (Å²) in [7, 11) is 0. The van der Waals surface area contributed by atoms with E-state index < -0.39 is 0 Å². The molecule has 0 saturated carbocycles. The zero-order chi connectivity index (χ0) is 22.0. The average molecular weight is 424 g/mol. The van der Waals surface area contributed by atoms with Gasteiger partial charge in [-0.1, -0.05) is 42.2 Å². The first-order valence-electron chi connectivity index (χ1n) is 11.0. The summed E-state index contributed by atoms with van der Waals surface area (Å²) >= 11 is 0. The van der Waals surface area contributed by atoms with Crippen molar-refractivity contribution in [3.63, 3.8) is 0 Å². The van der Waals surface area contributed by atoms with Gasteiger partial charge in [-0.25, -0.2) is 0 Å². The average Bonchev–Trinajstić information content (AvgIpc) is 3.20. The fraction of sp³-hybridized carbons (Fsp3) is 0.259. The minimum Gasteiger partial charge on any atom is -0.492 e. The maximum absolute atomic E-state index is 13.1. The van der Waals surface area contributed by atoms with Crippen molar-refractivity contribution in [2.24, 2.45) is 5.73 Å². The number of piperidine rings is 1. The molecule has 0 radical (unpaired) electrons. The van der Waals surface area contributed by atoms with Crippen LogP contribution in [0, 0.1) is 11.8 Å². The van der Waals surface area contributed by atoms with Gasteiger partial charge >= 0.3 is 0 Å². The van der Waals surface area contributed by atoms with Crippen molar-refractivity contribution in [1.29, 1.82) is 0 Å². The van der Waals surface area contributed by atoms with Crippen molar-refractivity contribution >= 4 is 5.91 Å². The predicted molar refractivity (Wildman–Crippen MR) is 123 cm³/mol. The van der Waals surface area contributed by atoms with E-state index in [-0.39, 0.29) is 11.3 Å². The van der Waals surface area contributed by atoms with Crippen molar-refractivity contribution in [3.8, 4) is 17.6 Å². The second kappa shape index (κ2) is 8.49. The van der Waals surface area contributed by atoms with Crippen LogP contribution in [0.4, 0.5) is 0 Å². The lowest BCUT2D eigenvalue weighted by Gasteiger charge is -2.38. The smallest absolute Gasteiger partial charge is 0.272 e. The van der Waals surface area contributed by atoms with E-state index >= 15 is 0 Å². The van der Waals surface area contributed by atoms with Crippen LogP contribution in [0.15, 0.2) is 66.9 Å². The van der Waals surface area contributed by atoms with E-state index in [1.807, 2.05) is 53.4 Å². The minimum absolute atomic E-state index is 0.0340. The fourth-order valence-corrected chi connectivity index (χ4v) is 4.54. The summed E-state index contributed by atoms with van der Waals surface area (Å²) in [6, 6.07) is 19.6. The number of carbonyl (C=O) groups is 1. The van der Waals surface area contributed by atoms with Crippen LogP contribution in [0.3, 0.4) is 0 Å². The number of nitrogens with two attached hydrogens (primary N) is 1. The van der Waals surface area contributed by atoms with Crippen LogP contribution >= 0.6 is 0 Å². The molecular weight excluding hydrogens is 398 g/mol. The highest BCUT2D eigenvalue weighted by Gasteiger charge is 2.44. The second-order valence-corrected chi connectivity index (χ2v) is 8.44. The number of aromatic nitrogens is 1. The SMILES string of the molecule is NCc1ccc2c(c1)C1(CCN(C(=O)c3cc(C#Cc4ccccc4)ccn3)CC1)CO2. The highest BCUT2D eigenvalue weighted by Crippen LogP contribution is 2.45. The number of likely N-dealkylation sites (tertiary alicyclic amines) is 1. The van der Waals surface area contributed by atoms with E-state index in [0.29, 0.717) is 31.9 Å². The van der Waals surface area contributed by atoms with Gasteiger partial charge in [0.15, 0.2) is 0 Å². The van der Waals surface area contributed by atoms with E-state index in [4.69, 9.17) is 10.5 Å². The summed E-state index contributed by atoms with van der Waals surface area (Å²) in [5.74, 6) is 7.17. The normalized spacial score (nSPS) is 16.1. The number of hydrogen-bond acceptors (Lipinski definition) is 4. The topological polar surface area (TPSA) is 68.5 Å². The van der Waals surface area contributed by atoms with Gasteiger partial charge in [0.2, 0.25) is 0 Å². The number of amides is 1. The lowest BCUT2D eigenvalue weighted by Crippen LogP contribution is -2.46. The molecule has 2 N–H and O–H groups in total. The van der Waals surface area contributed by atoms with Crippen molar-refractivity contribution in [3.05, 3.63) is 94.8 Å². The lowest BCUT2D eigenvalue weighted by atomic mass is 9.74. The van der Waals surface area contributed by atoms with Gasteiger partial charge in [-0.05, 0) is 48.7 Å². The zero-order valence-corrected chi connectivity index (χ0v) is 17.9. The van der Waals surface area contributed by atoms with Gasteiger partial charge in [-0.15, -0.1) is 0 Å². The molecule has 0 unspecified atom stereocenters. The number of hydrogen-bond donors (Lipinski definition) is 1. The molecule has 1 aromatic heterocycles. The summed E-state index contributed by atoms with van der Waals surface area (Å²) in [5, 5.41) is 0. The Morgan fingerprint density at radius 1 is 1.03 bits per heavy atom. The third-order valence-electron chi connectivity index (χ3n) is 6.47. The Kier molecular flexibility index (Phi) is 5.38. The Morgan fingerprint density at radius 2 is 1.81 bits per heavy atom. The summed E-state index contributed by atoms with van der Waals surface area (Å²) in [4.78, 5) is 19.4. The molecule has 2 aliphatic heterocycles. The second-order valence-electron chi connectivity index (χ2n) is 8.44. The Labute approximate surface area is 188 Å². The Hall–Kier alpha value is -3.62. The summed E-state index contributed by atoms with van der Waals surface area (Å²) in [6.07, 6.45) is 3.39. The quantitative estimate of drug-likeness (QED) is 0.641. The summed E-state index contributed by atoms with van der Waals surface area (Å²) in [6.45, 7) is 2.54. The molecule has 1 saturated heterocycles. The van der Waals surface area contributed by atoms with Crippen LogP contribution in [0.25, 0.3) is 0 Å². The van der Waals surface area contributed by atoms with Crippen molar-refractivity contribution in [2.75, 3.05) is 19.7 Å². The largest absolute Gasteiger partial charge is 0.492 e.